The lowest BCUT2D eigenvalue weighted by Crippen LogP contribution is -2.11. The van der Waals surface area contributed by atoms with Gasteiger partial charge in [0.05, 0.1) is 6.61 Å². The fourth-order valence-corrected chi connectivity index (χ4v) is 2.21. The number of carbonyl (C=O) groups excluding carboxylic acids is 1. The lowest BCUT2D eigenvalue weighted by Gasteiger charge is -2.11. The first-order valence-electron chi connectivity index (χ1n) is 7.32. The zero-order valence-corrected chi connectivity index (χ0v) is 13.0. The van der Waals surface area contributed by atoms with Crippen molar-refractivity contribution in [2.24, 2.45) is 5.16 Å². The van der Waals surface area contributed by atoms with Crippen LogP contribution in [0.4, 0.5) is 0 Å². The van der Waals surface area contributed by atoms with Crippen molar-refractivity contribution in [3.8, 4) is 0 Å². The van der Waals surface area contributed by atoms with Gasteiger partial charge in [-0.2, -0.15) is 0 Å². The van der Waals surface area contributed by atoms with E-state index in [0.29, 0.717) is 17.7 Å². The average Bonchev–Trinajstić information content (AvgIpc) is 2.57. The zero-order valence-electron chi connectivity index (χ0n) is 13.0. The first kappa shape index (κ1) is 16.5. The summed E-state index contributed by atoms with van der Waals surface area (Å²) in [5.41, 5.74) is 3.44. The largest absolute Gasteiger partial charge is 0.462 e. The molecule has 0 saturated heterocycles. The predicted molar refractivity (Wildman–Crippen MR) is 89.8 cm³/mol. The van der Waals surface area contributed by atoms with Gasteiger partial charge in [-0.05, 0) is 12.5 Å². The number of hydrogen-bond acceptors (Lipinski definition) is 4. The number of esters is 1. The molecule has 0 atom stereocenters. The number of nitrogens with zero attached hydrogens (tertiary/aromatic N) is 1. The summed E-state index contributed by atoms with van der Waals surface area (Å²) in [5.74, 6) is -0.401. The first-order valence-corrected chi connectivity index (χ1v) is 7.32. The van der Waals surface area contributed by atoms with Crippen LogP contribution in [0.3, 0.4) is 0 Å². The molecule has 0 aromatic heterocycles. The Morgan fingerprint density at radius 3 is 2.43 bits per heavy atom. The summed E-state index contributed by atoms with van der Waals surface area (Å²) in [7, 11) is 0. The van der Waals surface area contributed by atoms with Crippen molar-refractivity contribution < 1.29 is 14.7 Å². The number of oxime groups is 1. The summed E-state index contributed by atoms with van der Waals surface area (Å²) in [6.07, 6.45) is 0.529. The van der Waals surface area contributed by atoms with Crippen LogP contribution in [0.1, 0.15) is 23.6 Å². The summed E-state index contributed by atoms with van der Waals surface area (Å²) < 4.78 is 5.14. The molecule has 2 rings (SSSR count). The van der Waals surface area contributed by atoms with Crippen molar-refractivity contribution in [1.82, 2.24) is 0 Å². The Hall–Kier alpha value is -2.88. The summed E-state index contributed by atoms with van der Waals surface area (Å²) in [6, 6.07) is 17.0. The van der Waals surface area contributed by atoms with Gasteiger partial charge in [-0.1, -0.05) is 66.3 Å². The quantitative estimate of drug-likeness (QED) is 0.292. The summed E-state index contributed by atoms with van der Waals surface area (Å²) in [4.78, 5) is 11.4. The van der Waals surface area contributed by atoms with E-state index in [2.05, 4.69) is 11.7 Å². The zero-order chi connectivity index (χ0) is 16.7. The number of carbonyl (C=O) groups is 1. The predicted octanol–water partition coefficient (Wildman–Crippen LogP) is 3.58. The van der Waals surface area contributed by atoms with Crippen LogP contribution in [-0.4, -0.2) is 23.5 Å². The fourth-order valence-electron chi connectivity index (χ4n) is 2.21. The maximum absolute atomic E-state index is 11.4. The SMILES string of the molecule is C=C(C)C(=O)OCCc1ccccc1C(=NO)c1ccccc1. The minimum absolute atomic E-state index is 0.246. The van der Waals surface area contributed by atoms with Crippen molar-refractivity contribution in [3.05, 3.63) is 83.4 Å². The second kappa shape index (κ2) is 7.94. The Labute approximate surface area is 135 Å². The molecule has 0 amide bonds. The lowest BCUT2D eigenvalue weighted by molar-refractivity contribution is -0.138. The highest BCUT2D eigenvalue weighted by atomic mass is 16.5. The van der Waals surface area contributed by atoms with Crippen molar-refractivity contribution in [2.75, 3.05) is 6.61 Å². The highest BCUT2D eigenvalue weighted by Crippen LogP contribution is 2.16. The average molecular weight is 309 g/mol. The van der Waals surface area contributed by atoms with Gasteiger partial charge in [-0.25, -0.2) is 4.79 Å². The van der Waals surface area contributed by atoms with Crippen LogP contribution in [0.15, 0.2) is 71.9 Å². The number of benzene rings is 2. The van der Waals surface area contributed by atoms with Crippen molar-refractivity contribution >= 4 is 11.7 Å². The molecule has 0 aliphatic rings. The molecule has 118 valence electrons. The molecule has 0 fully saturated rings. The van der Waals surface area contributed by atoms with E-state index < -0.39 is 5.97 Å². The van der Waals surface area contributed by atoms with Gasteiger partial charge in [-0.3, -0.25) is 0 Å². The summed E-state index contributed by atoms with van der Waals surface area (Å²) in [5, 5.41) is 12.9. The minimum Gasteiger partial charge on any atom is -0.462 e. The van der Waals surface area contributed by atoms with Gasteiger partial charge in [0.25, 0.3) is 0 Å². The highest BCUT2D eigenvalue weighted by Gasteiger charge is 2.12. The van der Waals surface area contributed by atoms with E-state index in [-0.39, 0.29) is 6.61 Å². The molecule has 0 spiro atoms. The molecule has 4 heteroatoms. The Bertz CT molecular complexity index is 720. The van der Waals surface area contributed by atoms with E-state index in [0.717, 1.165) is 16.7 Å². The number of rotatable bonds is 6. The molecule has 2 aromatic carbocycles. The Kier molecular flexibility index (Phi) is 5.69. The molecular weight excluding hydrogens is 290 g/mol. The van der Waals surface area contributed by atoms with E-state index in [1.54, 1.807) is 6.92 Å². The van der Waals surface area contributed by atoms with Crippen LogP contribution in [0.5, 0.6) is 0 Å². The molecule has 1 N–H and O–H groups in total. The third-order valence-electron chi connectivity index (χ3n) is 3.37. The normalized spacial score (nSPS) is 11.1. The van der Waals surface area contributed by atoms with Gasteiger partial charge in [-0.15, -0.1) is 0 Å². The standard InChI is InChI=1S/C19H19NO3/c1-14(2)19(21)23-13-12-15-8-6-7-11-17(15)18(20-22)16-9-4-3-5-10-16/h3-11,22H,1,12-13H2,2H3. The first-order chi connectivity index (χ1) is 11.1. The second-order valence-corrected chi connectivity index (χ2v) is 5.14. The van der Waals surface area contributed by atoms with Crippen LogP contribution >= 0.6 is 0 Å². The Morgan fingerprint density at radius 1 is 1.13 bits per heavy atom. The molecule has 0 saturated carbocycles. The number of hydrogen-bond donors (Lipinski definition) is 1. The van der Waals surface area contributed by atoms with Gasteiger partial charge in [0.15, 0.2) is 0 Å². The van der Waals surface area contributed by atoms with E-state index in [1.807, 2.05) is 54.6 Å². The monoisotopic (exact) mass is 309 g/mol. The number of ether oxygens (including phenoxy) is 1. The molecule has 2 aromatic rings. The molecule has 0 radical (unpaired) electrons. The molecule has 0 heterocycles. The van der Waals surface area contributed by atoms with Gasteiger partial charge in [0.1, 0.15) is 5.71 Å². The van der Waals surface area contributed by atoms with Crippen molar-refractivity contribution in [1.29, 1.82) is 0 Å². The molecule has 0 aliphatic carbocycles. The molecular formula is C19H19NO3. The summed E-state index contributed by atoms with van der Waals surface area (Å²) >= 11 is 0. The second-order valence-electron chi connectivity index (χ2n) is 5.14. The molecule has 4 nitrogen and oxygen atoms in total. The van der Waals surface area contributed by atoms with Gasteiger partial charge in [0, 0.05) is 23.1 Å². The van der Waals surface area contributed by atoms with Crippen molar-refractivity contribution in [3.63, 3.8) is 0 Å². The van der Waals surface area contributed by atoms with Gasteiger partial charge >= 0.3 is 5.97 Å². The minimum atomic E-state index is -0.401. The molecule has 23 heavy (non-hydrogen) atoms. The summed E-state index contributed by atoms with van der Waals surface area (Å²) in [6.45, 7) is 5.41. The highest BCUT2D eigenvalue weighted by molar-refractivity contribution is 6.13. The van der Waals surface area contributed by atoms with E-state index in [9.17, 15) is 10.0 Å². The molecule has 0 unspecified atom stereocenters. The Morgan fingerprint density at radius 2 is 1.78 bits per heavy atom. The van der Waals surface area contributed by atoms with E-state index in [4.69, 9.17) is 4.74 Å². The van der Waals surface area contributed by atoms with Gasteiger partial charge in [0.2, 0.25) is 0 Å². The van der Waals surface area contributed by atoms with E-state index in [1.165, 1.54) is 0 Å². The smallest absolute Gasteiger partial charge is 0.333 e. The van der Waals surface area contributed by atoms with Crippen LogP contribution in [0, 0.1) is 0 Å². The fraction of sp³-hybridized carbons (Fsp3) is 0.158. The molecule has 0 bridgehead atoms. The van der Waals surface area contributed by atoms with Crippen LogP contribution in [-0.2, 0) is 16.0 Å². The third-order valence-corrected chi connectivity index (χ3v) is 3.37. The lowest BCUT2D eigenvalue weighted by atomic mass is 9.96. The molecule has 0 aliphatic heterocycles. The van der Waals surface area contributed by atoms with Gasteiger partial charge < -0.3 is 9.94 Å². The van der Waals surface area contributed by atoms with Crippen LogP contribution < -0.4 is 0 Å². The maximum Gasteiger partial charge on any atom is 0.333 e. The van der Waals surface area contributed by atoms with Crippen LogP contribution in [0.25, 0.3) is 0 Å². The van der Waals surface area contributed by atoms with Crippen molar-refractivity contribution in [2.45, 2.75) is 13.3 Å². The van der Waals surface area contributed by atoms with E-state index >= 15 is 0 Å². The Balaban J connectivity index is 2.20. The topological polar surface area (TPSA) is 58.9 Å². The van der Waals surface area contributed by atoms with Crippen LogP contribution in [0.2, 0.25) is 0 Å². The maximum atomic E-state index is 11.4. The third kappa shape index (κ3) is 4.30.